The second kappa shape index (κ2) is 4.44. The summed E-state index contributed by atoms with van der Waals surface area (Å²) in [5.74, 6) is 1.08. The van der Waals surface area contributed by atoms with E-state index in [1.165, 1.54) is 0 Å². The van der Waals surface area contributed by atoms with Crippen LogP contribution in [0.25, 0.3) is 5.88 Å². The molecule has 0 N–H and O–H groups in total. The minimum absolute atomic E-state index is 0.455. The summed E-state index contributed by atoms with van der Waals surface area (Å²) < 4.78 is 7.13. The van der Waals surface area contributed by atoms with Gasteiger partial charge in [0.05, 0.1) is 0 Å². The molecule has 1 aromatic carbocycles. The van der Waals surface area contributed by atoms with E-state index >= 15 is 0 Å². The summed E-state index contributed by atoms with van der Waals surface area (Å²) in [6, 6.07) is 6.80. The van der Waals surface area contributed by atoms with E-state index in [9.17, 15) is 4.79 Å². The van der Waals surface area contributed by atoms with Crippen molar-refractivity contribution in [1.82, 2.24) is 9.55 Å². The van der Waals surface area contributed by atoms with Crippen LogP contribution in [0.2, 0.25) is 0 Å². The molecule has 80 valence electrons. The van der Waals surface area contributed by atoms with Crippen molar-refractivity contribution in [2.75, 3.05) is 0 Å². The molecule has 0 fully saturated rings. The summed E-state index contributed by atoms with van der Waals surface area (Å²) in [7, 11) is 0. The highest BCUT2D eigenvalue weighted by Crippen LogP contribution is 2.15. The lowest BCUT2D eigenvalue weighted by molar-refractivity contribution is 0.112. The molecule has 0 saturated carbocycles. The van der Waals surface area contributed by atoms with Crippen LogP contribution in [0, 0.1) is 0 Å². The monoisotopic (exact) mass is 214 g/mol. The van der Waals surface area contributed by atoms with E-state index in [1.54, 1.807) is 47.6 Å². The maximum Gasteiger partial charge on any atom is 0.198 e. The Balaban J connectivity index is 2.09. The van der Waals surface area contributed by atoms with E-state index in [1.807, 2.05) is 0 Å². The molecule has 0 unspecified atom stereocenters. The van der Waals surface area contributed by atoms with Crippen LogP contribution in [-0.4, -0.2) is 15.8 Å². The number of benzene rings is 1. The van der Waals surface area contributed by atoms with Gasteiger partial charge in [0, 0.05) is 18.0 Å². The lowest BCUT2D eigenvalue weighted by Crippen LogP contribution is -2.00. The Morgan fingerprint density at radius 2 is 2.12 bits per heavy atom. The lowest BCUT2D eigenvalue weighted by Gasteiger charge is -2.08. The zero-order valence-electron chi connectivity index (χ0n) is 8.54. The van der Waals surface area contributed by atoms with Crippen LogP contribution in [0.1, 0.15) is 10.4 Å². The van der Waals surface area contributed by atoms with Gasteiger partial charge in [-0.2, -0.15) is 0 Å². The van der Waals surface area contributed by atoms with Gasteiger partial charge >= 0.3 is 0 Å². The predicted molar refractivity (Wildman–Crippen MR) is 60.0 cm³/mol. The lowest BCUT2D eigenvalue weighted by atomic mass is 10.2. The minimum Gasteiger partial charge on any atom is -0.441 e. The fourth-order valence-electron chi connectivity index (χ4n) is 1.21. The first-order valence-electron chi connectivity index (χ1n) is 4.70. The number of aromatic nitrogens is 2. The van der Waals surface area contributed by atoms with Crippen LogP contribution >= 0.6 is 0 Å². The van der Waals surface area contributed by atoms with E-state index < -0.39 is 0 Å². The molecule has 0 aliphatic rings. The highest BCUT2D eigenvalue weighted by molar-refractivity contribution is 5.74. The van der Waals surface area contributed by atoms with Crippen LogP contribution < -0.4 is 4.74 Å². The van der Waals surface area contributed by atoms with Crippen molar-refractivity contribution in [2.24, 2.45) is 0 Å². The Morgan fingerprint density at radius 1 is 1.38 bits per heavy atom. The SMILES string of the molecule is C=C(Oc1ccc(C=O)cc1)n1ccnc1. The molecule has 2 rings (SSSR count). The predicted octanol–water partition coefficient (Wildman–Crippen LogP) is 2.20. The van der Waals surface area contributed by atoms with Crippen LogP contribution in [0.5, 0.6) is 5.75 Å². The summed E-state index contributed by atoms with van der Waals surface area (Å²) in [5, 5.41) is 0. The normalized spacial score (nSPS) is 9.75. The third kappa shape index (κ3) is 2.17. The Hall–Kier alpha value is -2.36. The van der Waals surface area contributed by atoms with E-state index in [-0.39, 0.29) is 0 Å². The van der Waals surface area contributed by atoms with Gasteiger partial charge in [0.2, 0.25) is 0 Å². The number of nitrogens with zero attached hydrogens (tertiary/aromatic N) is 2. The molecule has 1 aromatic heterocycles. The van der Waals surface area contributed by atoms with Gasteiger partial charge in [0.25, 0.3) is 0 Å². The van der Waals surface area contributed by atoms with Crippen LogP contribution in [0.3, 0.4) is 0 Å². The highest BCUT2D eigenvalue weighted by atomic mass is 16.5. The van der Waals surface area contributed by atoms with Crippen molar-refractivity contribution >= 4 is 12.2 Å². The Kier molecular flexibility index (Phi) is 2.82. The van der Waals surface area contributed by atoms with Gasteiger partial charge in [-0.15, -0.1) is 0 Å². The van der Waals surface area contributed by atoms with Crippen molar-refractivity contribution in [3.05, 3.63) is 55.1 Å². The Bertz CT molecular complexity index is 486. The standard InChI is InChI=1S/C12H10N2O2/c1-10(14-7-6-13-9-14)16-12-4-2-11(8-15)3-5-12/h2-9H,1H2. The molecule has 16 heavy (non-hydrogen) atoms. The van der Waals surface area contributed by atoms with Crippen molar-refractivity contribution in [2.45, 2.75) is 0 Å². The summed E-state index contributed by atoms with van der Waals surface area (Å²) in [5.41, 5.74) is 0.612. The molecule has 2 aromatic rings. The third-order valence-electron chi connectivity index (χ3n) is 2.04. The maximum atomic E-state index is 10.5. The van der Waals surface area contributed by atoms with Crippen LogP contribution in [0.15, 0.2) is 49.6 Å². The van der Waals surface area contributed by atoms with Crippen molar-refractivity contribution in [3.8, 4) is 5.75 Å². The molecule has 0 atom stereocenters. The number of aldehydes is 1. The van der Waals surface area contributed by atoms with E-state index in [4.69, 9.17) is 4.74 Å². The minimum atomic E-state index is 0.455. The van der Waals surface area contributed by atoms with Gasteiger partial charge in [-0.25, -0.2) is 4.98 Å². The molecule has 1 heterocycles. The second-order valence-electron chi connectivity index (χ2n) is 3.15. The fourth-order valence-corrected chi connectivity index (χ4v) is 1.21. The highest BCUT2D eigenvalue weighted by Gasteiger charge is 2.00. The first-order valence-corrected chi connectivity index (χ1v) is 4.70. The van der Waals surface area contributed by atoms with Gasteiger partial charge in [-0.1, -0.05) is 0 Å². The van der Waals surface area contributed by atoms with Gasteiger partial charge in [0.1, 0.15) is 18.4 Å². The average molecular weight is 214 g/mol. The maximum absolute atomic E-state index is 10.5. The molecule has 0 aliphatic heterocycles. The average Bonchev–Trinajstić information content (AvgIpc) is 2.83. The number of carbonyl (C=O) groups is 1. The molecule has 0 saturated heterocycles. The summed E-state index contributed by atoms with van der Waals surface area (Å²) in [4.78, 5) is 14.3. The summed E-state index contributed by atoms with van der Waals surface area (Å²) in [6.45, 7) is 3.77. The Labute approximate surface area is 92.8 Å². The number of ether oxygens (including phenoxy) is 1. The summed E-state index contributed by atoms with van der Waals surface area (Å²) >= 11 is 0. The van der Waals surface area contributed by atoms with Crippen molar-refractivity contribution in [3.63, 3.8) is 0 Å². The molecule has 4 nitrogen and oxygen atoms in total. The molecule has 0 radical (unpaired) electrons. The second-order valence-corrected chi connectivity index (χ2v) is 3.15. The largest absolute Gasteiger partial charge is 0.441 e. The molecular formula is C12H10N2O2. The quantitative estimate of drug-likeness (QED) is 0.579. The number of carbonyl (C=O) groups excluding carboxylic acids is 1. The van der Waals surface area contributed by atoms with E-state index in [0.717, 1.165) is 6.29 Å². The third-order valence-corrected chi connectivity index (χ3v) is 2.04. The number of imidazole rings is 1. The number of hydrogen-bond donors (Lipinski definition) is 0. The van der Waals surface area contributed by atoms with Crippen LogP contribution in [-0.2, 0) is 0 Å². The zero-order chi connectivity index (χ0) is 11.4. The fraction of sp³-hybridized carbons (Fsp3) is 0. The van der Waals surface area contributed by atoms with E-state index in [2.05, 4.69) is 11.6 Å². The van der Waals surface area contributed by atoms with E-state index in [0.29, 0.717) is 17.2 Å². The first kappa shape index (κ1) is 10.2. The van der Waals surface area contributed by atoms with Gasteiger partial charge in [-0.3, -0.25) is 9.36 Å². The smallest absolute Gasteiger partial charge is 0.198 e. The molecule has 0 bridgehead atoms. The number of rotatable bonds is 4. The summed E-state index contributed by atoms with van der Waals surface area (Å²) in [6.07, 6.45) is 5.77. The van der Waals surface area contributed by atoms with Crippen LogP contribution in [0.4, 0.5) is 0 Å². The molecule has 0 amide bonds. The topological polar surface area (TPSA) is 44.1 Å². The van der Waals surface area contributed by atoms with Gasteiger partial charge in [0.15, 0.2) is 5.88 Å². The van der Waals surface area contributed by atoms with Crippen molar-refractivity contribution < 1.29 is 9.53 Å². The molecule has 0 spiro atoms. The Morgan fingerprint density at radius 3 is 2.69 bits per heavy atom. The molecule has 4 heteroatoms. The van der Waals surface area contributed by atoms with Gasteiger partial charge in [-0.05, 0) is 30.8 Å². The van der Waals surface area contributed by atoms with Gasteiger partial charge < -0.3 is 4.74 Å². The van der Waals surface area contributed by atoms with Crippen molar-refractivity contribution in [1.29, 1.82) is 0 Å². The molecular weight excluding hydrogens is 204 g/mol. The molecule has 0 aliphatic carbocycles. The number of hydrogen-bond acceptors (Lipinski definition) is 3. The first-order chi connectivity index (χ1) is 7.79. The zero-order valence-corrected chi connectivity index (χ0v) is 8.54.